The van der Waals surface area contributed by atoms with Crippen molar-refractivity contribution in [2.45, 2.75) is 12.1 Å². The molecule has 1 aromatic rings. The van der Waals surface area contributed by atoms with E-state index in [1.165, 1.54) is 0 Å². The predicted molar refractivity (Wildman–Crippen MR) is 73.7 cm³/mol. The fourth-order valence-corrected chi connectivity index (χ4v) is 2.64. The number of likely N-dealkylation sites (N-methyl/N-ethyl adjacent to an activating group) is 1. The second-order valence-corrected chi connectivity index (χ2v) is 4.65. The van der Waals surface area contributed by atoms with Crippen LogP contribution in [0.5, 0.6) is 11.5 Å². The lowest BCUT2D eigenvalue weighted by atomic mass is 9.97. The number of ether oxygens (including phenoxy) is 3. The van der Waals surface area contributed by atoms with Crippen molar-refractivity contribution in [3.05, 3.63) is 23.8 Å². The number of benzene rings is 1. The molecule has 0 amide bonds. The van der Waals surface area contributed by atoms with E-state index in [4.69, 9.17) is 19.9 Å². The van der Waals surface area contributed by atoms with E-state index in [1.807, 2.05) is 18.2 Å². The molecule has 1 fully saturated rings. The third-order valence-corrected chi connectivity index (χ3v) is 3.59. The van der Waals surface area contributed by atoms with Crippen molar-refractivity contribution < 1.29 is 14.2 Å². The van der Waals surface area contributed by atoms with Gasteiger partial charge in [0.15, 0.2) is 11.5 Å². The summed E-state index contributed by atoms with van der Waals surface area (Å²) in [5, 5.41) is 0. The van der Waals surface area contributed by atoms with Crippen LogP contribution in [0.4, 0.5) is 0 Å². The highest BCUT2D eigenvalue weighted by Crippen LogP contribution is 2.39. The van der Waals surface area contributed by atoms with Gasteiger partial charge in [-0.05, 0) is 13.1 Å². The summed E-state index contributed by atoms with van der Waals surface area (Å²) < 4.78 is 16.6. The average molecular weight is 266 g/mol. The van der Waals surface area contributed by atoms with Crippen molar-refractivity contribution >= 4 is 0 Å². The van der Waals surface area contributed by atoms with Crippen LogP contribution in [0.15, 0.2) is 18.2 Å². The highest BCUT2D eigenvalue weighted by molar-refractivity contribution is 5.48. The second kappa shape index (κ2) is 6.23. The van der Waals surface area contributed by atoms with E-state index in [-0.39, 0.29) is 12.1 Å². The van der Waals surface area contributed by atoms with Crippen molar-refractivity contribution in [2.24, 2.45) is 5.73 Å². The highest BCUT2D eigenvalue weighted by Gasteiger charge is 2.33. The molecule has 1 aromatic carbocycles. The largest absolute Gasteiger partial charge is 0.493 e. The first-order chi connectivity index (χ1) is 9.22. The van der Waals surface area contributed by atoms with E-state index in [0.717, 1.165) is 23.6 Å². The molecule has 1 heterocycles. The number of hydrogen-bond acceptors (Lipinski definition) is 5. The summed E-state index contributed by atoms with van der Waals surface area (Å²) in [7, 11) is 5.38. The van der Waals surface area contributed by atoms with Gasteiger partial charge in [0, 0.05) is 18.7 Å². The number of rotatable bonds is 4. The average Bonchev–Trinajstić information content (AvgIpc) is 2.45. The SMILES string of the molecule is COc1cccc(C2C(CN)OCCN2C)c1OC. The molecule has 0 aliphatic carbocycles. The van der Waals surface area contributed by atoms with Crippen LogP contribution in [0.2, 0.25) is 0 Å². The molecule has 5 heteroatoms. The molecular weight excluding hydrogens is 244 g/mol. The summed E-state index contributed by atoms with van der Waals surface area (Å²) >= 11 is 0. The molecule has 0 aromatic heterocycles. The van der Waals surface area contributed by atoms with Gasteiger partial charge in [0.2, 0.25) is 0 Å². The summed E-state index contributed by atoms with van der Waals surface area (Å²) in [6, 6.07) is 5.99. The molecule has 1 saturated heterocycles. The molecule has 5 nitrogen and oxygen atoms in total. The van der Waals surface area contributed by atoms with Gasteiger partial charge in [-0.15, -0.1) is 0 Å². The lowest BCUT2D eigenvalue weighted by Crippen LogP contribution is -2.46. The predicted octanol–water partition coefficient (Wildman–Crippen LogP) is 1.03. The molecule has 1 aliphatic rings. The van der Waals surface area contributed by atoms with Gasteiger partial charge in [0.25, 0.3) is 0 Å². The molecule has 0 spiro atoms. The van der Waals surface area contributed by atoms with Crippen molar-refractivity contribution in [1.82, 2.24) is 4.90 Å². The summed E-state index contributed by atoms with van der Waals surface area (Å²) in [4.78, 5) is 2.25. The first kappa shape index (κ1) is 14.1. The second-order valence-electron chi connectivity index (χ2n) is 4.65. The van der Waals surface area contributed by atoms with Crippen LogP contribution in [0.25, 0.3) is 0 Å². The number of morpholine rings is 1. The number of methoxy groups -OCH3 is 2. The Hall–Kier alpha value is -1.30. The van der Waals surface area contributed by atoms with E-state index in [9.17, 15) is 0 Å². The molecule has 106 valence electrons. The Morgan fingerprint density at radius 1 is 1.37 bits per heavy atom. The maximum atomic E-state index is 5.83. The molecule has 1 aliphatic heterocycles. The standard InChI is InChI=1S/C14H22N2O3/c1-16-7-8-19-12(9-15)13(16)10-5-4-6-11(17-2)14(10)18-3/h4-6,12-13H,7-9,15H2,1-3H3. The zero-order valence-corrected chi connectivity index (χ0v) is 11.8. The van der Waals surface area contributed by atoms with Crippen LogP contribution in [-0.4, -0.2) is 52.0 Å². The van der Waals surface area contributed by atoms with E-state index >= 15 is 0 Å². The van der Waals surface area contributed by atoms with Crippen molar-refractivity contribution in [2.75, 3.05) is 41.0 Å². The van der Waals surface area contributed by atoms with Gasteiger partial charge in [-0.2, -0.15) is 0 Å². The van der Waals surface area contributed by atoms with Gasteiger partial charge in [-0.3, -0.25) is 4.90 Å². The number of para-hydroxylation sites is 1. The Kier molecular flexibility index (Phi) is 4.63. The Labute approximate surface area is 114 Å². The molecule has 19 heavy (non-hydrogen) atoms. The third-order valence-electron chi connectivity index (χ3n) is 3.59. The van der Waals surface area contributed by atoms with Crippen molar-refractivity contribution in [1.29, 1.82) is 0 Å². The summed E-state index contributed by atoms with van der Waals surface area (Å²) in [6.45, 7) is 2.07. The minimum Gasteiger partial charge on any atom is -0.493 e. The van der Waals surface area contributed by atoms with Gasteiger partial charge >= 0.3 is 0 Å². The van der Waals surface area contributed by atoms with Crippen LogP contribution in [0.1, 0.15) is 11.6 Å². The van der Waals surface area contributed by atoms with E-state index in [0.29, 0.717) is 13.2 Å². The lowest BCUT2D eigenvalue weighted by molar-refractivity contribution is -0.0583. The van der Waals surface area contributed by atoms with Crippen LogP contribution in [-0.2, 0) is 4.74 Å². The van der Waals surface area contributed by atoms with Crippen molar-refractivity contribution in [3.63, 3.8) is 0 Å². The number of nitrogens with two attached hydrogens (primary N) is 1. The third kappa shape index (κ3) is 2.68. The highest BCUT2D eigenvalue weighted by atomic mass is 16.5. The van der Waals surface area contributed by atoms with Gasteiger partial charge in [0.05, 0.1) is 33.0 Å². The Bertz CT molecular complexity index is 425. The molecule has 2 rings (SSSR count). The molecular formula is C14H22N2O3. The number of nitrogens with zero attached hydrogens (tertiary/aromatic N) is 1. The van der Waals surface area contributed by atoms with Crippen LogP contribution in [0.3, 0.4) is 0 Å². The van der Waals surface area contributed by atoms with E-state index in [2.05, 4.69) is 11.9 Å². The van der Waals surface area contributed by atoms with Crippen LogP contribution < -0.4 is 15.2 Å². The first-order valence-corrected chi connectivity index (χ1v) is 6.45. The Morgan fingerprint density at radius 3 is 2.79 bits per heavy atom. The fourth-order valence-electron chi connectivity index (χ4n) is 2.64. The maximum absolute atomic E-state index is 5.83. The topological polar surface area (TPSA) is 57.0 Å². The maximum Gasteiger partial charge on any atom is 0.165 e. The lowest BCUT2D eigenvalue weighted by Gasteiger charge is -2.39. The van der Waals surface area contributed by atoms with Crippen LogP contribution >= 0.6 is 0 Å². The van der Waals surface area contributed by atoms with Crippen LogP contribution in [0, 0.1) is 0 Å². The number of hydrogen-bond donors (Lipinski definition) is 1. The zero-order chi connectivity index (χ0) is 13.8. The molecule has 2 N–H and O–H groups in total. The fraction of sp³-hybridized carbons (Fsp3) is 0.571. The van der Waals surface area contributed by atoms with Gasteiger partial charge in [-0.25, -0.2) is 0 Å². The summed E-state index contributed by atoms with van der Waals surface area (Å²) in [5.41, 5.74) is 6.89. The van der Waals surface area contributed by atoms with Gasteiger partial charge in [-0.1, -0.05) is 12.1 Å². The Balaban J connectivity index is 2.43. The van der Waals surface area contributed by atoms with Gasteiger partial charge < -0.3 is 19.9 Å². The van der Waals surface area contributed by atoms with Gasteiger partial charge in [0.1, 0.15) is 0 Å². The molecule has 0 radical (unpaired) electrons. The van der Waals surface area contributed by atoms with E-state index in [1.54, 1.807) is 14.2 Å². The quantitative estimate of drug-likeness (QED) is 0.882. The smallest absolute Gasteiger partial charge is 0.165 e. The Morgan fingerprint density at radius 2 is 2.16 bits per heavy atom. The van der Waals surface area contributed by atoms with Crippen molar-refractivity contribution in [3.8, 4) is 11.5 Å². The monoisotopic (exact) mass is 266 g/mol. The van der Waals surface area contributed by atoms with E-state index < -0.39 is 0 Å². The molecule has 2 atom stereocenters. The summed E-state index contributed by atoms with van der Waals surface area (Å²) in [6.07, 6.45) is -0.0280. The minimum atomic E-state index is -0.0280. The summed E-state index contributed by atoms with van der Waals surface area (Å²) in [5.74, 6) is 1.49. The molecule has 2 unspecified atom stereocenters. The molecule has 0 saturated carbocycles. The zero-order valence-electron chi connectivity index (χ0n) is 11.8. The minimum absolute atomic E-state index is 0.0280. The molecule has 0 bridgehead atoms. The first-order valence-electron chi connectivity index (χ1n) is 6.45. The normalized spacial score (nSPS) is 24.2.